The van der Waals surface area contributed by atoms with Crippen LogP contribution in [0.5, 0.6) is 11.5 Å². The number of benzene rings is 1. The van der Waals surface area contributed by atoms with Crippen LogP contribution in [0.15, 0.2) is 18.2 Å². The van der Waals surface area contributed by atoms with Gasteiger partial charge < -0.3 is 14.8 Å². The third kappa shape index (κ3) is 2.18. The normalized spacial score (nSPS) is 29.4. The van der Waals surface area contributed by atoms with Crippen molar-refractivity contribution in [3.8, 4) is 11.5 Å². The van der Waals surface area contributed by atoms with E-state index in [4.69, 9.17) is 9.47 Å². The summed E-state index contributed by atoms with van der Waals surface area (Å²) in [6.45, 7) is 0. The molecule has 20 heavy (non-hydrogen) atoms. The molecule has 0 radical (unpaired) electrons. The maximum atomic E-state index is 5.58. The van der Waals surface area contributed by atoms with Crippen molar-refractivity contribution in [2.75, 3.05) is 21.3 Å². The predicted octanol–water partition coefficient (Wildman–Crippen LogP) is 3.40. The van der Waals surface area contributed by atoms with Gasteiger partial charge in [-0.2, -0.15) is 0 Å². The Kier molecular flexibility index (Phi) is 3.88. The van der Waals surface area contributed by atoms with Gasteiger partial charge in [-0.25, -0.2) is 0 Å². The van der Waals surface area contributed by atoms with Gasteiger partial charge in [-0.15, -0.1) is 0 Å². The molecular formula is C17H25NO2. The molecule has 3 heteroatoms. The van der Waals surface area contributed by atoms with Gasteiger partial charge in [-0.1, -0.05) is 18.9 Å². The van der Waals surface area contributed by atoms with E-state index >= 15 is 0 Å². The van der Waals surface area contributed by atoms with E-state index in [0.717, 1.165) is 29.3 Å². The number of methoxy groups -OCH3 is 2. The van der Waals surface area contributed by atoms with Crippen LogP contribution < -0.4 is 14.8 Å². The van der Waals surface area contributed by atoms with Crippen molar-refractivity contribution < 1.29 is 9.47 Å². The topological polar surface area (TPSA) is 30.5 Å². The minimum atomic E-state index is 0.342. The molecule has 0 spiro atoms. The van der Waals surface area contributed by atoms with E-state index in [2.05, 4.69) is 12.4 Å². The van der Waals surface area contributed by atoms with Gasteiger partial charge in [0.25, 0.3) is 0 Å². The summed E-state index contributed by atoms with van der Waals surface area (Å²) in [5.74, 6) is 4.42. The van der Waals surface area contributed by atoms with Crippen LogP contribution >= 0.6 is 0 Å². The molecule has 2 aliphatic rings. The van der Waals surface area contributed by atoms with E-state index in [1.807, 2.05) is 18.2 Å². The molecule has 2 fully saturated rings. The summed E-state index contributed by atoms with van der Waals surface area (Å²) in [4.78, 5) is 0. The maximum absolute atomic E-state index is 5.58. The molecule has 1 N–H and O–H groups in total. The monoisotopic (exact) mass is 275 g/mol. The molecule has 3 rings (SSSR count). The van der Waals surface area contributed by atoms with Gasteiger partial charge in [0.05, 0.1) is 19.8 Å². The second-order valence-corrected chi connectivity index (χ2v) is 6.03. The summed E-state index contributed by atoms with van der Waals surface area (Å²) < 4.78 is 11.2. The van der Waals surface area contributed by atoms with E-state index in [-0.39, 0.29) is 0 Å². The van der Waals surface area contributed by atoms with Crippen molar-refractivity contribution >= 4 is 0 Å². The molecule has 110 valence electrons. The van der Waals surface area contributed by atoms with Crippen molar-refractivity contribution in [3.05, 3.63) is 23.8 Å². The third-order valence-corrected chi connectivity index (χ3v) is 5.20. The Hall–Kier alpha value is -1.22. The average molecular weight is 275 g/mol. The van der Waals surface area contributed by atoms with Crippen LogP contribution in [0, 0.1) is 17.8 Å². The molecule has 2 saturated carbocycles. The molecule has 1 aromatic rings. The van der Waals surface area contributed by atoms with E-state index < -0.39 is 0 Å². The highest BCUT2D eigenvalue weighted by atomic mass is 16.5. The quantitative estimate of drug-likeness (QED) is 0.893. The Morgan fingerprint density at radius 1 is 1.05 bits per heavy atom. The highest BCUT2D eigenvalue weighted by molar-refractivity contribution is 5.48. The number of ether oxygens (including phenoxy) is 2. The summed E-state index contributed by atoms with van der Waals surface area (Å²) in [5.41, 5.74) is 1.19. The molecule has 0 heterocycles. The van der Waals surface area contributed by atoms with Crippen molar-refractivity contribution in [1.29, 1.82) is 0 Å². The van der Waals surface area contributed by atoms with Gasteiger partial charge in [0, 0.05) is 6.04 Å². The Bertz CT molecular complexity index is 440. The second kappa shape index (κ2) is 5.65. The average Bonchev–Trinajstić information content (AvgIpc) is 3.22. The van der Waals surface area contributed by atoms with E-state index in [0.29, 0.717) is 6.04 Å². The molecule has 2 aliphatic carbocycles. The van der Waals surface area contributed by atoms with Gasteiger partial charge in [-0.3, -0.25) is 0 Å². The first-order chi connectivity index (χ1) is 9.81. The number of hydrogen-bond acceptors (Lipinski definition) is 3. The second-order valence-electron chi connectivity index (χ2n) is 6.03. The molecule has 1 aromatic carbocycles. The zero-order chi connectivity index (χ0) is 14.1. The summed E-state index contributed by atoms with van der Waals surface area (Å²) >= 11 is 0. The Balaban J connectivity index is 1.93. The minimum Gasteiger partial charge on any atom is -0.496 e. The maximum Gasteiger partial charge on any atom is 0.127 e. The Morgan fingerprint density at radius 3 is 2.05 bits per heavy atom. The first kappa shape index (κ1) is 13.7. The van der Waals surface area contributed by atoms with Crippen LogP contribution in [0.4, 0.5) is 0 Å². The van der Waals surface area contributed by atoms with E-state index in [1.165, 1.54) is 31.2 Å². The molecule has 0 aliphatic heterocycles. The van der Waals surface area contributed by atoms with Crippen molar-refractivity contribution in [1.82, 2.24) is 5.32 Å². The van der Waals surface area contributed by atoms with Gasteiger partial charge in [0.15, 0.2) is 0 Å². The van der Waals surface area contributed by atoms with Crippen LogP contribution in [0.25, 0.3) is 0 Å². The summed E-state index contributed by atoms with van der Waals surface area (Å²) in [5, 5.41) is 3.53. The van der Waals surface area contributed by atoms with E-state index in [1.54, 1.807) is 14.2 Å². The highest BCUT2D eigenvalue weighted by Gasteiger charge is 2.54. The van der Waals surface area contributed by atoms with E-state index in [9.17, 15) is 0 Å². The fourth-order valence-corrected chi connectivity index (χ4v) is 4.26. The minimum absolute atomic E-state index is 0.342. The van der Waals surface area contributed by atoms with Crippen LogP contribution in [0.1, 0.15) is 37.3 Å². The molecule has 3 unspecified atom stereocenters. The number of rotatable bonds is 5. The molecule has 0 amide bonds. The van der Waals surface area contributed by atoms with Crippen molar-refractivity contribution in [2.45, 2.75) is 31.7 Å². The zero-order valence-corrected chi connectivity index (χ0v) is 12.7. The summed E-state index contributed by atoms with van der Waals surface area (Å²) in [6.07, 6.45) is 5.59. The SMILES string of the molecule is CNC(c1c(OC)cccc1OC)C1C2CCCCC21. The molecule has 0 bridgehead atoms. The number of fused-ring (bicyclic) bond motifs is 1. The first-order valence-corrected chi connectivity index (χ1v) is 7.70. The molecule has 0 aromatic heterocycles. The van der Waals surface area contributed by atoms with Crippen LogP contribution in [0.2, 0.25) is 0 Å². The summed E-state index contributed by atoms with van der Waals surface area (Å²) in [7, 11) is 5.54. The van der Waals surface area contributed by atoms with Gasteiger partial charge in [-0.05, 0) is 49.8 Å². The number of hydrogen-bond donors (Lipinski definition) is 1. The van der Waals surface area contributed by atoms with Gasteiger partial charge in [0.1, 0.15) is 11.5 Å². The molecule has 3 atom stereocenters. The lowest BCUT2D eigenvalue weighted by atomic mass is 9.97. The Labute approximate surface area is 121 Å². The smallest absolute Gasteiger partial charge is 0.127 e. The number of nitrogens with one attached hydrogen (secondary N) is 1. The van der Waals surface area contributed by atoms with Crippen LogP contribution in [-0.4, -0.2) is 21.3 Å². The fraction of sp³-hybridized carbons (Fsp3) is 0.647. The highest BCUT2D eigenvalue weighted by Crippen LogP contribution is 2.61. The Morgan fingerprint density at radius 2 is 1.60 bits per heavy atom. The summed E-state index contributed by atoms with van der Waals surface area (Å²) in [6, 6.07) is 6.41. The van der Waals surface area contributed by atoms with Gasteiger partial charge >= 0.3 is 0 Å². The standard InChI is InChI=1S/C17H25NO2/c1-18-17(15-11-7-4-5-8-12(11)15)16-13(19-2)9-6-10-14(16)20-3/h6,9-12,15,17-18H,4-5,7-8H2,1-3H3. The molecular weight excluding hydrogens is 250 g/mol. The molecule has 0 saturated heterocycles. The van der Waals surface area contributed by atoms with Crippen molar-refractivity contribution in [2.24, 2.45) is 17.8 Å². The van der Waals surface area contributed by atoms with Gasteiger partial charge in [0.2, 0.25) is 0 Å². The first-order valence-electron chi connectivity index (χ1n) is 7.70. The zero-order valence-electron chi connectivity index (χ0n) is 12.7. The largest absolute Gasteiger partial charge is 0.496 e. The van der Waals surface area contributed by atoms with Crippen LogP contribution in [0.3, 0.4) is 0 Å². The lowest BCUT2D eigenvalue weighted by Crippen LogP contribution is -2.21. The fourth-order valence-electron chi connectivity index (χ4n) is 4.26. The van der Waals surface area contributed by atoms with Crippen molar-refractivity contribution in [3.63, 3.8) is 0 Å². The predicted molar refractivity (Wildman–Crippen MR) is 80.3 cm³/mol. The third-order valence-electron chi connectivity index (χ3n) is 5.20. The lowest BCUT2D eigenvalue weighted by Gasteiger charge is -2.22. The lowest BCUT2D eigenvalue weighted by molar-refractivity contribution is 0.361. The van der Waals surface area contributed by atoms with Crippen LogP contribution in [-0.2, 0) is 0 Å². The molecule has 3 nitrogen and oxygen atoms in total.